The van der Waals surface area contributed by atoms with Gasteiger partial charge >= 0.3 is 0 Å². The van der Waals surface area contributed by atoms with E-state index in [0.717, 1.165) is 12.0 Å². The van der Waals surface area contributed by atoms with Gasteiger partial charge in [-0.2, -0.15) is 0 Å². The van der Waals surface area contributed by atoms with E-state index < -0.39 is 4.92 Å². The molecule has 0 N–H and O–H groups in total. The van der Waals surface area contributed by atoms with Gasteiger partial charge in [-0.15, -0.1) is 0 Å². The zero-order valence-corrected chi connectivity index (χ0v) is 12.4. The number of amides is 1. The Hall–Kier alpha value is -2.69. The van der Waals surface area contributed by atoms with Gasteiger partial charge in [0.25, 0.3) is 5.69 Å². The Morgan fingerprint density at radius 2 is 1.73 bits per heavy atom. The van der Waals surface area contributed by atoms with Gasteiger partial charge in [-0.1, -0.05) is 37.3 Å². The van der Waals surface area contributed by atoms with Crippen molar-refractivity contribution in [3.05, 3.63) is 70.3 Å². The van der Waals surface area contributed by atoms with Crippen LogP contribution in [0.4, 0.5) is 11.4 Å². The number of benzene rings is 2. The number of non-ortho nitro benzene ring substituents is 1. The zero-order chi connectivity index (χ0) is 15.9. The third kappa shape index (κ3) is 3.91. The van der Waals surface area contributed by atoms with E-state index in [1.54, 1.807) is 17.0 Å². The van der Waals surface area contributed by atoms with Crippen LogP contribution in [0.2, 0.25) is 0 Å². The molecule has 22 heavy (non-hydrogen) atoms. The van der Waals surface area contributed by atoms with E-state index >= 15 is 0 Å². The lowest BCUT2D eigenvalue weighted by atomic mass is 10.1. The summed E-state index contributed by atoms with van der Waals surface area (Å²) in [6, 6.07) is 15.8. The summed E-state index contributed by atoms with van der Waals surface area (Å²) in [5.41, 5.74) is 1.71. The first-order valence-electron chi connectivity index (χ1n) is 7.20. The van der Waals surface area contributed by atoms with Crippen molar-refractivity contribution in [2.24, 2.45) is 0 Å². The number of rotatable bonds is 6. The zero-order valence-electron chi connectivity index (χ0n) is 12.4. The van der Waals surface area contributed by atoms with Crippen molar-refractivity contribution in [1.82, 2.24) is 0 Å². The minimum Gasteiger partial charge on any atom is -0.308 e. The first-order chi connectivity index (χ1) is 10.6. The molecule has 0 aliphatic heterocycles. The predicted molar refractivity (Wildman–Crippen MR) is 85.6 cm³/mol. The Morgan fingerprint density at radius 1 is 1.09 bits per heavy atom. The Kier molecular flexibility index (Phi) is 5.25. The molecule has 0 bridgehead atoms. The molecule has 0 aromatic heterocycles. The Balaban J connectivity index is 2.27. The number of hydrogen-bond donors (Lipinski definition) is 0. The van der Waals surface area contributed by atoms with Gasteiger partial charge in [0.2, 0.25) is 5.91 Å². The average Bonchev–Trinajstić information content (AvgIpc) is 2.54. The summed E-state index contributed by atoms with van der Waals surface area (Å²) in [4.78, 5) is 24.3. The number of hydrogen-bond acceptors (Lipinski definition) is 3. The molecule has 0 fully saturated rings. The fraction of sp³-hybridized carbons (Fsp3) is 0.235. The van der Waals surface area contributed by atoms with Crippen LogP contribution >= 0.6 is 0 Å². The van der Waals surface area contributed by atoms with E-state index in [-0.39, 0.29) is 11.6 Å². The van der Waals surface area contributed by atoms with Crippen molar-refractivity contribution < 1.29 is 9.72 Å². The maximum atomic E-state index is 12.4. The topological polar surface area (TPSA) is 63.5 Å². The minimum atomic E-state index is -0.445. The van der Waals surface area contributed by atoms with Crippen LogP contribution in [0.15, 0.2) is 54.6 Å². The normalized spacial score (nSPS) is 10.2. The lowest BCUT2D eigenvalue weighted by Gasteiger charge is -2.23. The van der Waals surface area contributed by atoms with Crippen molar-refractivity contribution in [2.75, 3.05) is 4.90 Å². The molecule has 114 valence electrons. The standard InChI is InChI=1S/C17H18N2O3/c1-2-6-17(20)18(13-14-7-4-3-5-8-14)15-9-11-16(12-10-15)19(21)22/h3-5,7-12H,2,6,13H2,1H3. The molecule has 2 aromatic rings. The van der Waals surface area contributed by atoms with Crippen LogP contribution < -0.4 is 4.90 Å². The van der Waals surface area contributed by atoms with E-state index in [0.29, 0.717) is 18.7 Å². The van der Waals surface area contributed by atoms with E-state index in [1.165, 1.54) is 12.1 Å². The summed E-state index contributed by atoms with van der Waals surface area (Å²) in [7, 11) is 0. The molecule has 1 amide bonds. The molecule has 5 heteroatoms. The average molecular weight is 298 g/mol. The molecule has 0 saturated carbocycles. The predicted octanol–water partition coefficient (Wildman–Crippen LogP) is 3.93. The summed E-state index contributed by atoms with van der Waals surface area (Å²) in [5.74, 6) is 0.0141. The van der Waals surface area contributed by atoms with Crippen molar-refractivity contribution >= 4 is 17.3 Å². The maximum Gasteiger partial charge on any atom is 0.269 e. The molecule has 5 nitrogen and oxygen atoms in total. The van der Waals surface area contributed by atoms with E-state index in [4.69, 9.17) is 0 Å². The Morgan fingerprint density at radius 3 is 2.27 bits per heavy atom. The van der Waals surface area contributed by atoms with Crippen molar-refractivity contribution in [2.45, 2.75) is 26.3 Å². The number of nitrogens with zero attached hydrogens (tertiary/aromatic N) is 2. The number of carbonyl (C=O) groups excluding carboxylic acids is 1. The van der Waals surface area contributed by atoms with Gasteiger partial charge in [0.05, 0.1) is 11.5 Å². The first kappa shape index (κ1) is 15.7. The van der Waals surface area contributed by atoms with Crippen molar-refractivity contribution in [3.63, 3.8) is 0 Å². The Bertz CT molecular complexity index is 639. The first-order valence-corrected chi connectivity index (χ1v) is 7.20. The van der Waals surface area contributed by atoms with Crippen LogP contribution in [0.5, 0.6) is 0 Å². The summed E-state index contributed by atoms with van der Waals surface area (Å²) in [5, 5.41) is 10.7. The molecule has 0 spiro atoms. The molecule has 2 aromatic carbocycles. The van der Waals surface area contributed by atoms with Gasteiger partial charge < -0.3 is 4.90 Å². The molecule has 0 heterocycles. The molecule has 0 radical (unpaired) electrons. The van der Waals surface area contributed by atoms with E-state index in [9.17, 15) is 14.9 Å². The van der Waals surface area contributed by atoms with Gasteiger partial charge in [-0.25, -0.2) is 0 Å². The van der Waals surface area contributed by atoms with Gasteiger partial charge in [0.1, 0.15) is 0 Å². The second-order valence-corrected chi connectivity index (χ2v) is 4.99. The number of carbonyl (C=O) groups is 1. The van der Waals surface area contributed by atoms with Gasteiger partial charge in [0.15, 0.2) is 0 Å². The maximum absolute atomic E-state index is 12.4. The summed E-state index contributed by atoms with van der Waals surface area (Å²) >= 11 is 0. The van der Waals surface area contributed by atoms with Crippen LogP contribution in [0.1, 0.15) is 25.3 Å². The molecule has 0 aliphatic rings. The highest BCUT2D eigenvalue weighted by Gasteiger charge is 2.16. The molecule has 0 unspecified atom stereocenters. The van der Waals surface area contributed by atoms with Crippen molar-refractivity contribution in [3.8, 4) is 0 Å². The van der Waals surface area contributed by atoms with E-state index in [1.807, 2.05) is 37.3 Å². The minimum absolute atomic E-state index is 0.0141. The van der Waals surface area contributed by atoms with Gasteiger partial charge in [0, 0.05) is 24.2 Å². The van der Waals surface area contributed by atoms with Crippen molar-refractivity contribution in [1.29, 1.82) is 0 Å². The number of nitro groups is 1. The SMILES string of the molecule is CCCC(=O)N(Cc1ccccc1)c1ccc([N+](=O)[O-])cc1. The number of anilines is 1. The Labute approximate surface area is 129 Å². The fourth-order valence-electron chi connectivity index (χ4n) is 2.19. The highest BCUT2D eigenvalue weighted by Crippen LogP contribution is 2.22. The van der Waals surface area contributed by atoms with Gasteiger partial charge in [-0.05, 0) is 24.1 Å². The lowest BCUT2D eigenvalue weighted by molar-refractivity contribution is -0.384. The summed E-state index contributed by atoms with van der Waals surface area (Å²) in [6.45, 7) is 2.41. The third-order valence-electron chi connectivity index (χ3n) is 3.32. The third-order valence-corrected chi connectivity index (χ3v) is 3.32. The van der Waals surface area contributed by atoms with Crippen LogP contribution in [0.3, 0.4) is 0 Å². The monoisotopic (exact) mass is 298 g/mol. The quantitative estimate of drug-likeness (QED) is 0.599. The lowest BCUT2D eigenvalue weighted by Crippen LogP contribution is -2.30. The summed E-state index contributed by atoms with van der Waals surface area (Å²) < 4.78 is 0. The number of nitro benzene ring substituents is 1. The van der Waals surface area contributed by atoms with Crippen LogP contribution in [-0.2, 0) is 11.3 Å². The molecular formula is C17H18N2O3. The van der Waals surface area contributed by atoms with Crippen LogP contribution in [0.25, 0.3) is 0 Å². The molecule has 0 aliphatic carbocycles. The molecule has 0 saturated heterocycles. The van der Waals surface area contributed by atoms with Crippen LogP contribution in [-0.4, -0.2) is 10.8 Å². The molecule has 2 rings (SSSR count). The second kappa shape index (κ2) is 7.36. The van der Waals surface area contributed by atoms with E-state index in [2.05, 4.69) is 0 Å². The summed E-state index contributed by atoms with van der Waals surface area (Å²) in [6.07, 6.45) is 1.21. The largest absolute Gasteiger partial charge is 0.308 e. The second-order valence-electron chi connectivity index (χ2n) is 4.99. The molecular weight excluding hydrogens is 280 g/mol. The smallest absolute Gasteiger partial charge is 0.269 e. The highest BCUT2D eigenvalue weighted by molar-refractivity contribution is 5.93. The highest BCUT2D eigenvalue weighted by atomic mass is 16.6. The molecule has 0 atom stereocenters. The van der Waals surface area contributed by atoms with Gasteiger partial charge in [-0.3, -0.25) is 14.9 Å². The van der Waals surface area contributed by atoms with Crippen LogP contribution in [0, 0.1) is 10.1 Å². The fourth-order valence-corrected chi connectivity index (χ4v) is 2.19.